The quantitative estimate of drug-likeness (QED) is 0.301. The highest BCUT2D eigenvalue weighted by Crippen LogP contribution is 1.88. The molecule has 1 amide bonds. The summed E-state index contributed by atoms with van der Waals surface area (Å²) in [7, 11) is 0. The second-order valence-corrected chi connectivity index (χ2v) is 3.94. The normalized spacial score (nSPS) is 12.8. The summed E-state index contributed by atoms with van der Waals surface area (Å²) in [5.74, 6) is -1.22. The van der Waals surface area contributed by atoms with Crippen LogP contribution >= 0.6 is 11.9 Å². The van der Waals surface area contributed by atoms with E-state index in [1.807, 2.05) is 13.8 Å². The van der Waals surface area contributed by atoms with Crippen molar-refractivity contribution in [2.75, 3.05) is 5.75 Å². The molecule has 0 aromatic heterocycles. The van der Waals surface area contributed by atoms with Crippen LogP contribution in [0.1, 0.15) is 27.7 Å². The first-order valence-electron chi connectivity index (χ1n) is 5.86. The maximum atomic E-state index is 10.6. The van der Waals surface area contributed by atoms with Gasteiger partial charge < -0.3 is 16.6 Å². The molecule has 0 spiro atoms. The van der Waals surface area contributed by atoms with E-state index in [-0.39, 0.29) is 11.5 Å². The largest absolute Gasteiger partial charge is 0.480 e. The SMILES string of the molecule is CC.CC(C=O)=NC(=O)C(C)N.NSCC(N)C(=O)O. The minimum absolute atomic E-state index is 0.155. The van der Waals surface area contributed by atoms with Crippen molar-refractivity contribution in [3.05, 3.63) is 0 Å². The van der Waals surface area contributed by atoms with Gasteiger partial charge in [-0.1, -0.05) is 25.8 Å². The second-order valence-electron chi connectivity index (χ2n) is 3.28. The molecule has 0 aromatic carbocycles. The van der Waals surface area contributed by atoms with Crippen LogP contribution < -0.4 is 16.6 Å². The van der Waals surface area contributed by atoms with E-state index < -0.39 is 24.0 Å². The summed E-state index contributed by atoms with van der Waals surface area (Å²) < 4.78 is 0. The maximum absolute atomic E-state index is 10.6. The van der Waals surface area contributed by atoms with Crippen LogP contribution in [0.4, 0.5) is 0 Å². The average molecular weight is 308 g/mol. The number of aliphatic carboxylic acids is 1. The van der Waals surface area contributed by atoms with Crippen LogP contribution in [-0.2, 0) is 14.4 Å². The zero-order valence-corrected chi connectivity index (χ0v) is 13.0. The molecule has 20 heavy (non-hydrogen) atoms. The number of carboxylic acids is 1. The molecule has 0 heterocycles. The number of carboxylic acid groups (broad SMARTS) is 1. The smallest absolute Gasteiger partial charge is 0.321 e. The molecule has 2 atom stereocenters. The number of aldehydes is 1. The Bertz CT molecular complexity index is 322. The molecular formula is C11H24N4O4S. The number of nitrogens with two attached hydrogens (primary N) is 3. The van der Waals surface area contributed by atoms with Crippen molar-refractivity contribution in [2.24, 2.45) is 21.6 Å². The lowest BCUT2D eigenvalue weighted by atomic mass is 10.3. The van der Waals surface area contributed by atoms with Gasteiger partial charge in [0, 0.05) is 5.75 Å². The molecule has 2 unspecified atom stereocenters. The number of carbonyl (C=O) groups excluding carboxylic acids is 2. The van der Waals surface area contributed by atoms with E-state index >= 15 is 0 Å². The molecule has 9 heteroatoms. The number of hydrogen-bond acceptors (Lipinski definition) is 7. The van der Waals surface area contributed by atoms with Crippen LogP contribution in [0.2, 0.25) is 0 Å². The van der Waals surface area contributed by atoms with Crippen LogP contribution in [0.15, 0.2) is 4.99 Å². The number of nitrogens with zero attached hydrogens (tertiary/aromatic N) is 1. The van der Waals surface area contributed by atoms with Crippen molar-refractivity contribution in [3.8, 4) is 0 Å². The predicted molar refractivity (Wildman–Crippen MR) is 81.4 cm³/mol. The monoisotopic (exact) mass is 308 g/mol. The summed E-state index contributed by atoms with van der Waals surface area (Å²) >= 11 is 0.932. The molecule has 0 saturated carbocycles. The number of rotatable bonds is 5. The second kappa shape index (κ2) is 15.8. The fourth-order valence-corrected chi connectivity index (χ4v) is 0.827. The van der Waals surface area contributed by atoms with Gasteiger partial charge in [0.25, 0.3) is 5.91 Å². The third-order valence-electron chi connectivity index (χ3n) is 1.44. The Hall–Kier alpha value is -1.29. The highest BCUT2D eigenvalue weighted by atomic mass is 32.2. The Morgan fingerprint density at radius 2 is 1.80 bits per heavy atom. The van der Waals surface area contributed by atoms with Crippen LogP contribution in [-0.4, -0.2) is 46.8 Å². The summed E-state index contributed by atoms with van der Waals surface area (Å²) in [6.07, 6.45) is 0.514. The van der Waals surface area contributed by atoms with Gasteiger partial charge >= 0.3 is 5.97 Å². The lowest BCUT2D eigenvalue weighted by molar-refractivity contribution is -0.137. The van der Waals surface area contributed by atoms with E-state index in [1.165, 1.54) is 13.8 Å². The standard InChI is InChI=1S/C6H10N2O2.C3H8N2O2S.C2H6/c1-4(3-9)8-6(10)5(2)7;4-2(1-8-5)3(6)7;1-2/h3,5H,7H2,1-2H3;2H,1,4-5H2,(H,6,7);1-2H3. The molecule has 0 rings (SSSR count). The fraction of sp³-hybridized carbons (Fsp3) is 0.636. The van der Waals surface area contributed by atoms with E-state index in [0.29, 0.717) is 6.29 Å². The van der Waals surface area contributed by atoms with E-state index in [9.17, 15) is 14.4 Å². The number of carbonyl (C=O) groups is 3. The lowest BCUT2D eigenvalue weighted by Gasteiger charge is -1.99. The summed E-state index contributed by atoms with van der Waals surface area (Å²) in [4.78, 5) is 33.9. The van der Waals surface area contributed by atoms with Gasteiger partial charge in [-0.2, -0.15) is 0 Å². The van der Waals surface area contributed by atoms with Crippen LogP contribution in [0.25, 0.3) is 0 Å². The van der Waals surface area contributed by atoms with Gasteiger partial charge in [-0.3, -0.25) is 19.5 Å². The van der Waals surface area contributed by atoms with Crippen LogP contribution in [0.3, 0.4) is 0 Å². The number of aliphatic imine (C=N–C) groups is 1. The maximum Gasteiger partial charge on any atom is 0.321 e. The van der Waals surface area contributed by atoms with Crippen molar-refractivity contribution in [1.29, 1.82) is 0 Å². The van der Waals surface area contributed by atoms with Crippen molar-refractivity contribution in [2.45, 2.75) is 39.8 Å². The van der Waals surface area contributed by atoms with Crippen LogP contribution in [0, 0.1) is 0 Å². The van der Waals surface area contributed by atoms with Gasteiger partial charge in [0.05, 0.1) is 11.8 Å². The molecule has 0 aliphatic rings. The molecular weight excluding hydrogens is 284 g/mol. The van der Waals surface area contributed by atoms with Crippen molar-refractivity contribution >= 4 is 35.8 Å². The first-order chi connectivity index (χ1) is 9.26. The zero-order valence-electron chi connectivity index (χ0n) is 12.2. The van der Waals surface area contributed by atoms with Crippen LogP contribution in [0.5, 0.6) is 0 Å². The zero-order chi connectivity index (χ0) is 16.7. The molecule has 8 nitrogen and oxygen atoms in total. The predicted octanol–water partition coefficient (Wildman–Crippen LogP) is -0.449. The number of amides is 1. The Balaban J connectivity index is -0.000000262. The Labute approximate surface area is 123 Å². The van der Waals surface area contributed by atoms with E-state index in [1.54, 1.807) is 0 Å². The summed E-state index contributed by atoms with van der Waals surface area (Å²) in [5.41, 5.74) is 10.3. The average Bonchev–Trinajstić information content (AvgIpc) is 2.41. The molecule has 0 bridgehead atoms. The van der Waals surface area contributed by atoms with Gasteiger partial charge in [-0.05, 0) is 13.8 Å². The molecule has 7 N–H and O–H groups in total. The van der Waals surface area contributed by atoms with Gasteiger partial charge in [0.2, 0.25) is 0 Å². The molecule has 0 saturated heterocycles. The fourth-order valence-electron chi connectivity index (χ4n) is 0.477. The third kappa shape index (κ3) is 16.7. The summed E-state index contributed by atoms with van der Waals surface area (Å²) in [6, 6.07) is -1.46. The minimum Gasteiger partial charge on any atom is -0.480 e. The topological polar surface area (TPSA) is 162 Å². The van der Waals surface area contributed by atoms with Crippen molar-refractivity contribution in [3.63, 3.8) is 0 Å². The van der Waals surface area contributed by atoms with Crippen molar-refractivity contribution < 1.29 is 19.5 Å². The Morgan fingerprint density at radius 3 is 2.00 bits per heavy atom. The van der Waals surface area contributed by atoms with Gasteiger partial charge in [0.15, 0.2) is 6.29 Å². The molecule has 118 valence electrons. The highest BCUT2D eigenvalue weighted by Gasteiger charge is 2.08. The first kappa shape index (κ1) is 23.8. The highest BCUT2D eigenvalue weighted by molar-refractivity contribution is 7.97. The lowest BCUT2D eigenvalue weighted by Crippen LogP contribution is -2.32. The van der Waals surface area contributed by atoms with E-state index in [0.717, 1.165) is 11.9 Å². The number of hydrogen-bond donors (Lipinski definition) is 4. The van der Waals surface area contributed by atoms with E-state index in [2.05, 4.69) is 4.99 Å². The summed E-state index contributed by atoms with van der Waals surface area (Å²) in [5, 5.41) is 13.1. The molecule has 0 aliphatic heterocycles. The first-order valence-corrected chi connectivity index (χ1v) is 6.91. The van der Waals surface area contributed by atoms with Gasteiger partial charge in [-0.25, -0.2) is 4.99 Å². The minimum atomic E-state index is -1.01. The molecule has 0 fully saturated rings. The van der Waals surface area contributed by atoms with Gasteiger partial charge in [-0.15, -0.1) is 0 Å². The summed E-state index contributed by atoms with van der Waals surface area (Å²) in [6.45, 7) is 6.97. The Morgan fingerprint density at radius 1 is 1.35 bits per heavy atom. The van der Waals surface area contributed by atoms with Crippen molar-refractivity contribution in [1.82, 2.24) is 0 Å². The molecule has 0 aromatic rings. The van der Waals surface area contributed by atoms with E-state index in [4.69, 9.17) is 21.7 Å². The van der Waals surface area contributed by atoms with Gasteiger partial charge in [0.1, 0.15) is 6.04 Å². The molecule has 0 aliphatic carbocycles. The third-order valence-corrected chi connectivity index (χ3v) is 1.99. The molecule has 0 radical (unpaired) electrons. The Kier molecular flexibility index (Phi) is 18.7.